The maximum Gasteiger partial charge on any atom is 0.234 e. The number of hydrogen-bond acceptors (Lipinski definition) is 5. The second kappa shape index (κ2) is 9.20. The first kappa shape index (κ1) is 20.3. The Morgan fingerprint density at radius 2 is 2.00 bits per heavy atom. The molecule has 0 bridgehead atoms. The molecule has 3 unspecified atom stereocenters. The van der Waals surface area contributed by atoms with Gasteiger partial charge in [-0.2, -0.15) is 11.8 Å². The molecule has 2 aliphatic rings. The van der Waals surface area contributed by atoms with Crippen molar-refractivity contribution < 1.29 is 14.3 Å². The average molecular weight is 393 g/mol. The van der Waals surface area contributed by atoms with Crippen LogP contribution >= 0.6 is 11.8 Å². The molecule has 3 atom stereocenters. The quantitative estimate of drug-likeness (QED) is 0.831. The number of nitrogens with one attached hydrogen (secondary N) is 1. The van der Waals surface area contributed by atoms with Gasteiger partial charge in [0, 0.05) is 30.0 Å². The molecule has 0 aromatic heterocycles. The number of carbonyl (C=O) groups excluding carboxylic acids is 1. The molecule has 2 aliphatic heterocycles. The van der Waals surface area contributed by atoms with E-state index in [0.29, 0.717) is 31.1 Å². The second-order valence-electron chi connectivity index (χ2n) is 7.83. The number of nitrogens with zero attached hydrogens (tertiary/aromatic N) is 1. The topological polar surface area (TPSA) is 50.8 Å². The molecule has 1 saturated heterocycles. The third-order valence-corrected chi connectivity index (χ3v) is 6.81. The Bertz CT molecular complexity index is 652. The average Bonchev–Trinajstić information content (AvgIpc) is 2.88. The SMILES string of the molecule is CC(C)C(NC(=O)CN1CCSC(C)C1C)c1ccc2c(c1)OCCCO2. The van der Waals surface area contributed by atoms with Gasteiger partial charge in [-0.1, -0.05) is 26.8 Å². The van der Waals surface area contributed by atoms with Crippen molar-refractivity contribution >= 4 is 17.7 Å². The van der Waals surface area contributed by atoms with E-state index in [-0.39, 0.29) is 17.9 Å². The first-order valence-electron chi connectivity index (χ1n) is 10.00. The summed E-state index contributed by atoms with van der Waals surface area (Å²) in [6.07, 6.45) is 0.888. The largest absolute Gasteiger partial charge is 0.490 e. The lowest BCUT2D eigenvalue weighted by molar-refractivity contribution is -0.123. The molecule has 27 heavy (non-hydrogen) atoms. The molecule has 0 radical (unpaired) electrons. The predicted octanol–water partition coefficient (Wildman–Crippen LogP) is 3.49. The molecule has 0 spiro atoms. The zero-order chi connectivity index (χ0) is 19.4. The Labute approximate surface area is 167 Å². The number of fused-ring (bicyclic) bond motifs is 1. The van der Waals surface area contributed by atoms with E-state index >= 15 is 0 Å². The van der Waals surface area contributed by atoms with Crippen LogP contribution in [0.25, 0.3) is 0 Å². The third kappa shape index (κ3) is 5.11. The van der Waals surface area contributed by atoms with Crippen LogP contribution in [0.5, 0.6) is 11.5 Å². The standard InChI is InChI=1S/C21H32N2O3S/c1-14(2)21(17-6-7-18-19(12-17)26-10-5-9-25-18)22-20(24)13-23-8-11-27-16(4)15(23)3/h6-7,12,14-16,21H,5,8-11,13H2,1-4H3,(H,22,24). The van der Waals surface area contributed by atoms with E-state index in [1.807, 2.05) is 30.0 Å². The molecule has 2 heterocycles. The summed E-state index contributed by atoms with van der Waals surface area (Å²) >= 11 is 1.99. The van der Waals surface area contributed by atoms with E-state index < -0.39 is 0 Å². The van der Waals surface area contributed by atoms with Crippen LogP contribution in [0.15, 0.2) is 18.2 Å². The fraction of sp³-hybridized carbons (Fsp3) is 0.667. The minimum Gasteiger partial charge on any atom is -0.490 e. The highest BCUT2D eigenvalue weighted by atomic mass is 32.2. The monoisotopic (exact) mass is 392 g/mol. The van der Waals surface area contributed by atoms with Gasteiger partial charge in [0.1, 0.15) is 0 Å². The first-order chi connectivity index (χ1) is 13.0. The fourth-order valence-corrected chi connectivity index (χ4v) is 4.79. The maximum atomic E-state index is 12.8. The summed E-state index contributed by atoms with van der Waals surface area (Å²) in [6, 6.07) is 6.41. The Morgan fingerprint density at radius 3 is 2.74 bits per heavy atom. The molecule has 0 saturated carbocycles. The maximum absolute atomic E-state index is 12.8. The molecule has 5 nitrogen and oxygen atoms in total. The van der Waals surface area contributed by atoms with Crippen LogP contribution in [0.2, 0.25) is 0 Å². The van der Waals surface area contributed by atoms with Gasteiger partial charge in [0.05, 0.1) is 25.8 Å². The summed E-state index contributed by atoms with van der Waals surface area (Å²) in [6.45, 7) is 11.5. The third-order valence-electron chi connectivity index (χ3n) is 5.48. The zero-order valence-corrected chi connectivity index (χ0v) is 17.7. The van der Waals surface area contributed by atoms with Gasteiger partial charge in [0.2, 0.25) is 5.91 Å². The van der Waals surface area contributed by atoms with Gasteiger partial charge in [0.25, 0.3) is 0 Å². The minimum absolute atomic E-state index is 0.0402. The summed E-state index contributed by atoms with van der Waals surface area (Å²) in [4.78, 5) is 15.1. The second-order valence-corrected chi connectivity index (χ2v) is 9.32. The first-order valence-corrected chi connectivity index (χ1v) is 11.0. The van der Waals surface area contributed by atoms with Crippen molar-refractivity contribution in [3.63, 3.8) is 0 Å². The molecular weight excluding hydrogens is 360 g/mol. The van der Waals surface area contributed by atoms with Crippen molar-refractivity contribution in [2.75, 3.05) is 32.1 Å². The van der Waals surface area contributed by atoms with E-state index in [9.17, 15) is 4.79 Å². The lowest BCUT2D eigenvalue weighted by Gasteiger charge is -2.37. The van der Waals surface area contributed by atoms with Gasteiger partial charge in [-0.25, -0.2) is 0 Å². The van der Waals surface area contributed by atoms with Gasteiger partial charge < -0.3 is 14.8 Å². The number of hydrogen-bond donors (Lipinski definition) is 1. The minimum atomic E-state index is -0.0402. The predicted molar refractivity (Wildman–Crippen MR) is 111 cm³/mol. The van der Waals surface area contributed by atoms with Crippen LogP contribution in [0.1, 0.15) is 45.7 Å². The molecule has 150 valence electrons. The van der Waals surface area contributed by atoms with E-state index in [4.69, 9.17) is 9.47 Å². The van der Waals surface area contributed by atoms with Crippen molar-refractivity contribution in [3.05, 3.63) is 23.8 Å². The molecule has 0 aliphatic carbocycles. The van der Waals surface area contributed by atoms with Crippen molar-refractivity contribution in [1.82, 2.24) is 10.2 Å². The smallest absolute Gasteiger partial charge is 0.234 e. The normalized spacial score (nSPS) is 24.3. The Morgan fingerprint density at radius 1 is 1.26 bits per heavy atom. The van der Waals surface area contributed by atoms with Crippen molar-refractivity contribution in [3.8, 4) is 11.5 Å². The van der Waals surface area contributed by atoms with E-state index in [1.54, 1.807) is 0 Å². The van der Waals surface area contributed by atoms with Gasteiger partial charge in [-0.3, -0.25) is 9.69 Å². The number of rotatable bonds is 5. The van der Waals surface area contributed by atoms with Crippen LogP contribution in [-0.2, 0) is 4.79 Å². The number of carbonyl (C=O) groups is 1. The summed E-state index contributed by atoms with van der Waals surface area (Å²) in [7, 11) is 0. The molecule has 1 aromatic carbocycles. The summed E-state index contributed by atoms with van der Waals surface area (Å²) < 4.78 is 11.5. The Hall–Kier alpha value is -1.40. The van der Waals surface area contributed by atoms with Gasteiger partial charge in [-0.05, 0) is 30.5 Å². The Balaban J connectivity index is 1.68. The van der Waals surface area contributed by atoms with Crippen LogP contribution in [0, 0.1) is 5.92 Å². The highest BCUT2D eigenvalue weighted by molar-refractivity contribution is 8.00. The number of ether oxygens (including phenoxy) is 2. The van der Waals surface area contributed by atoms with E-state index in [1.165, 1.54) is 0 Å². The van der Waals surface area contributed by atoms with Gasteiger partial charge in [-0.15, -0.1) is 0 Å². The van der Waals surface area contributed by atoms with Crippen molar-refractivity contribution in [2.45, 2.75) is 51.4 Å². The van der Waals surface area contributed by atoms with Gasteiger partial charge in [0.15, 0.2) is 11.5 Å². The highest BCUT2D eigenvalue weighted by Gasteiger charge is 2.28. The molecule has 1 amide bonds. The fourth-order valence-electron chi connectivity index (χ4n) is 3.63. The van der Waals surface area contributed by atoms with Crippen molar-refractivity contribution in [1.29, 1.82) is 0 Å². The number of thioether (sulfide) groups is 1. The van der Waals surface area contributed by atoms with E-state index in [2.05, 4.69) is 37.9 Å². The molecule has 6 heteroatoms. The van der Waals surface area contributed by atoms with Gasteiger partial charge >= 0.3 is 0 Å². The zero-order valence-electron chi connectivity index (χ0n) is 16.9. The number of benzene rings is 1. The lowest BCUT2D eigenvalue weighted by Crippen LogP contribution is -2.49. The Kier molecular flexibility index (Phi) is 6.93. The van der Waals surface area contributed by atoms with E-state index in [0.717, 1.165) is 35.8 Å². The molecular formula is C21H32N2O3S. The molecule has 1 N–H and O–H groups in total. The highest BCUT2D eigenvalue weighted by Crippen LogP contribution is 2.34. The van der Waals surface area contributed by atoms with Crippen LogP contribution in [-0.4, -0.2) is 54.2 Å². The molecule has 1 fully saturated rings. The summed E-state index contributed by atoms with van der Waals surface area (Å²) in [5.41, 5.74) is 1.07. The summed E-state index contributed by atoms with van der Waals surface area (Å²) in [5, 5.41) is 3.82. The summed E-state index contributed by atoms with van der Waals surface area (Å²) in [5.74, 6) is 3.03. The molecule has 1 aromatic rings. The van der Waals surface area contributed by atoms with Crippen LogP contribution in [0.3, 0.4) is 0 Å². The van der Waals surface area contributed by atoms with Crippen LogP contribution < -0.4 is 14.8 Å². The van der Waals surface area contributed by atoms with Crippen molar-refractivity contribution in [2.24, 2.45) is 5.92 Å². The number of amides is 1. The molecule has 3 rings (SSSR count). The van der Waals surface area contributed by atoms with Crippen LogP contribution in [0.4, 0.5) is 0 Å². The lowest BCUT2D eigenvalue weighted by atomic mass is 9.95.